The molecule has 0 bridgehead atoms. The molecular weight excluding hydrogens is 488 g/mol. The number of sulfonamides is 1. The number of benzene rings is 2. The van der Waals surface area contributed by atoms with E-state index in [-0.39, 0.29) is 27.6 Å². The van der Waals surface area contributed by atoms with E-state index >= 15 is 0 Å². The molecule has 4 rings (SSSR count). The van der Waals surface area contributed by atoms with Crippen LogP contribution in [0.2, 0.25) is 0 Å². The molecule has 0 aliphatic carbocycles. The summed E-state index contributed by atoms with van der Waals surface area (Å²) in [6.07, 6.45) is 0. The number of aromatic nitrogens is 1. The molecule has 0 radical (unpaired) electrons. The third-order valence-electron chi connectivity index (χ3n) is 5.20. The van der Waals surface area contributed by atoms with Crippen LogP contribution in [-0.4, -0.2) is 33.6 Å². The molecule has 180 valence electrons. The average molecular weight is 511 g/mol. The molecule has 4 aromatic rings. The van der Waals surface area contributed by atoms with Crippen LogP contribution in [0.1, 0.15) is 21.7 Å². The number of methoxy groups -OCH3 is 2. The van der Waals surface area contributed by atoms with E-state index in [2.05, 4.69) is 16.5 Å². The predicted octanol–water partition coefficient (Wildman–Crippen LogP) is 5.43. The summed E-state index contributed by atoms with van der Waals surface area (Å²) in [5.41, 5.74) is 1.81. The van der Waals surface area contributed by atoms with Gasteiger partial charge in [0.25, 0.3) is 10.0 Å². The van der Waals surface area contributed by atoms with Gasteiger partial charge >= 0.3 is 0 Å². The third-order valence-corrected chi connectivity index (χ3v) is 7.47. The van der Waals surface area contributed by atoms with Gasteiger partial charge in [0.15, 0.2) is 11.6 Å². The summed E-state index contributed by atoms with van der Waals surface area (Å²) in [7, 11) is -0.830. The molecule has 2 heterocycles. The molecule has 2 aromatic carbocycles. The van der Waals surface area contributed by atoms with Gasteiger partial charge in [-0.05, 0) is 48.7 Å². The summed E-state index contributed by atoms with van der Waals surface area (Å²) < 4.78 is 43.5. The van der Waals surface area contributed by atoms with Crippen LogP contribution in [-0.2, 0) is 10.0 Å². The molecule has 0 saturated carbocycles. The maximum atomic E-state index is 13.2. The Morgan fingerprint density at radius 1 is 1.06 bits per heavy atom. The quantitative estimate of drug-likeness (QED) is 0.236. The van der Waals surface area contributed by atoms with E-state index in [0.717, 1.165) is 10.4 Å². The molecule has 2 aromatic heterocycles. The highest BCUT2D eigenvalue weighted by atomic mass is 32.2. The first-order valence-corrected chi connectivity index (χ1v) is 12.7. The number of nitrogens with zero attached hydrogens (tertiary/aromatic N) is 1. The minimum absolute atomic E-state index is 0.0256. The van der Waals surface area contributed by atoms with E-state index in [9.17, 15) is 13.2 Å². The zero-order valence-corrected chi connectivity index (χ0v) is 20.8. The highest BCUT2D eigenvalue weighted by Crippen LogP contribution is 2.40. The topological polar surface area (TPSA) is 108 Å². The number of carbonyl (C=O) groups excluding carboxylic acids is 1. The lowest BCUT2D eigenvalue weighted by atomic mass is 9.95. The van der Waals surface area contributed by atoms with Crippen LogP contribution in [0.3, 0.4) is 0 Å². The van der Waals surface area contributed by atoms with Crippen LogP contribution >= 0.6 is 11.3 Å². The van der Waals surface area contributed by atoms with Crippen molar-refractivity contribution < 1.29 is 27.2 Å². The second-order valence-electron chi connectivity index (χ2n) is 7.49. The summed E-state index contributed by atoms with van der Waals surface area (Å²) in [4.78, 5) is 14.2. The maximum Gasteiger partial charge on any atom is 0.263 e. The maximum absolute atomic E-state index is 13.2. The highest BCUT2D eigenvalue weighted by Gasteiger charge is 2.22. The Bertz CT molecular complexity index is 1490. The Labute approximate surface area is 206 Å². The molecular formula is C25H22N2O6S2. The van der Waals surface area contributed by atoms with Gasteiger partial charge in [0.05, 0.1) is 19.1 Å². The van der Waals surface area contributed by atoms with Crippen molar-refractivity contribution in [2.24, 2.45) is 0 Å². The lowest BCUT2D eigenvalue weighted by molar-refractivity contribution is 0.105. The number of allylic oxidation sites excluding steroid dienone is 1. The summed E-state index contributed by atoms with van der Waals surface area (Å²) in [5.74, 6) is 1.22. The summed E-state index contributed by atoms with van der Waals surface area (Å²) in [5, 5.41) is 5.58. The van der Waals surface area contributed by atoms with Crippen LogP contribution < -0.4 is 14.2 Å². The Morgan fingerprint density at radius 3 is 2.34 bits per heavy atom. The number of carbonyl (C=O) groups is 1. The number of Topliss-reactive ketones (excluding diaryl/α,β-unsaturated/α-hetero) is 1. The normalized spacial score (nSPS) is 11.2. The minimum atomic E-state index is -3.90. The van der Waals surface area contributed by atoms with Crippen molar-refractivity contribution in [1.82, 2.24) is 5.16 Å². The predicted molar refractivity (Wildman–Crippen MR) is 135 cm³/mol. The Morgan fingerprint density at radius 2 is 1.77 bits per heavy atom. The van der Waals surface area contributed by atoms with Crippen LogP contribution in [0.4, 0.5) is 5.82 Å². The van der Waals surface area contributed by atoms with Crippen molar-refractivity contribution in [3.05, 3.63) is 83.4 Å². The van der Waals surface area contributed by atoms with Crippen molar-refractivity contribution in [2.45, 2.75) is 11.8 Å². The number of aryl methyl sites for hydroxylation is 1. The van der Waals surface area contributed by atoms with Crippen LogP contribution in [0.15, 0.2) is 76.0 Å². The van der Waals surface area contributed by atoms with Crippen molar-refractivity contribution >= 4 is 38.5 Å². The molecule has 8 nitrogen and oxygen atoms in total. The first-order chi connectivity index (χ1) is 16.7. The van der Waals surface area contributed by atoms with Crippen LogP contribution in [0.5, 0.6) is 11.5 Å². The summed E-state index contributed by atoms with van der Waals surface area (Å²) >= 11 is 1.54. The van der Waals surface area contributed by atoms with Gasteiger partial charge in [0.2, 0.25) is 0 Å². The Balaban J connectivity index is 1.62. The van der Waals surface area contributed by atoms with E-state index in [0.29, 0.717) is 22.8 Å². The summed E-state index contributed by atoms with van der Waals surface area (Å²) in [6.45, 7) is 5.65. The number of nitrogens with one attached hydrogen (secondary N) is 1. The molecule has 0 atom stereocenters. The zero-order chi connectivity index (χ0) is 25.2. The number of anilines is 1. The molecule has 0 saturated heterocycles. The number of ketones is 1. The van der Waals surface area contributed by atoms with Gasteiger partial charge in [-0.3, -0.25) is 9.52 Å². The van der Waals surface area contributed by atoms with Gasteiger partial charge in [0.1, 0.15) is 17.3 Å². The lowest BCUT2D eigenvalue weighted by Gasteiger charge is -2.15. The SMILES string of the molecule is C=C(C(=O)c1ccc(S(=O)(=O)Nc2cc(C)on2)cc1)c1cc(-c2cccs2)c(OC)cc1OC. The first-order valence-electron chi connectivity index (χ1n) is 10.3. The Kier molecular flexibility index (Phi) is 6.77. The number of rotatable bonds is 9. The molecule has 0 amide bonds. The van der Waals surface area contributed by atoms with E-state index in [1.165, 1.54) is 37.4 Å². The standard InChI is InChI=1S/C25H22N2O6S2/c1-15-12-24(26-33-15)27-35(29,30)18-9-7-17(8-10-18)25(28)16(2)19-13-20(23-6-5-11-34-23)22(32-4)14-21(19)31-3/h5-14H,2H2,1,3-4H3,(H,26,27). The van der Waals surface area contributed by atoms with Crippen molar-refractivity contribution in [3.63, 3.8) is 0 Å². The molecule has 0 aliphatic rings. The second-order valence-corrected chi connectivity index (χ2v) is 10.1. The monoisotopic (exact) mass is 510 g/mol. The van der Waals surface area contributed by atoms with E-state index in [1.807, 2.05) is 23.6 Å². The van der Waals surface area contributed by atoms with Gasteiger partial charge in [0, 0.05) is 39.3 Å². The van der Waals surface area contributed by atoms with Gasteiger partial charge in [-0.15, -0.1) is 11.3 Å². The second kappa shape index (κ2) is 9.77. The zero-order valence-electron chi connectivity index (χ0n) is 19.2. The first kappa shape index (κ1) is 24.2. The van der Waals surface area contributed by atoms with E-state index in [4.69, 9.17) is 14.0 Å². The molecule has 35 heavy (non-hydrogen) atoms. The average Bonchev–Trinajstić information content (AvgIpc) is 3.54. The smallest absolute Gasteiger partial charge is 0.263 e. The molecule has 0 spiro atoms. The van der Waals surface area contributed by atoms with Gasteiger partial charge in [-0.1, -0.05) is 17.8 Å². The van der Waals surface area contributed by atoms with Crippen molar-refractivity contribution in [1.29, 1.82) is 0 Å². The fourth-order valence-electron chi connectivity index (χ4n) is 3.45. The molecule has 1 N–H and O–H groups in total. The lowest BCUT2D eigenvalue weighted by Crippen LogP contribution is -2.13. The third kappa shape index (κ3) is 4.98. The number of hydrogen-bond acceptors (Lipinski definition) is 8. The minimum Gasteiger partial charge on any atom is -0.496 e. The van der Waals surface area contributed by atoms with Crippen molar-refractivity contribution in [2.75, 3.05) is 18.9 Å². The van der Waals surface area contributed by atoms with Crippen molar-refractivity contribution in [3.8, 4) is 21.9 Å². The molecule has 0 unspecified atom stereocenters. The largest absolute Gasteiger partial charge is 0.496 e. The van der Waals surface area contributed by atoms with E-state index < -0.39 is 10.0 Å². The molecule has 0 fully saturated rings. The van der Waals surface area contributed by atoms with Gasteiger partial charge < -0.3 is 14.0 Å². The Hall–Kier alpha value is -3.89. The fourth-order valence-corrected chi connectivity index (χ4v) is 5.18. The molecule has 0 aliphatic heterocycles. The highest BCUT2D eigenvalue weighted by molar-refractivity contribution is 7.92. The number of hydrogen-bond donors (Lipinski definition) is 1. The number of thiophene rings is 1. The van der Waals surface area contributed by atoms with E-state index in [1.54, 1.807) is 31.4 Å². The van der Waals surface area contributed by atoms with Gasteiger partial charge in [-0.2, -0.15) is 0 Å². The summed E-state index contributed by atoms with van der Waals surface area (Å²) in [6, 6.07) is 14.4. The van der Waals surface area contributed by atoms with Crippen LogP contribution in [0, 0.1) is 6.92 Å². The van der Waals surface area contributed by atoms with Gasteiger partial charge in [-0.25, -0.2) is 8.42 Å². The van der Waals surface area contributed by atoms with Crippen LogP contribution in [0.25, 0.3) is 16.0 Å². The number of ether oxygens (including phenoxy) is 2. The fraction of sp³-hybridized carbons (Fsp3) is 0.120. The molecule has 10 heteroatoms.